The van der Waals surface area contributed by atoms with E-state index in [-0.39, 0.29) is 9.80 Å². The third-order valence-corrected chi connectivity index (χ3v) is 9.02. The van der Waals surface area contributed by atoms with E-state index in [1.165, 1.54) is 12.1 Å². The number of hydrogen-bond donors (Lipinski definition) is 3. The summed E-state index contributed by atoms with van der Waals surface area (Å²) in [5, 5.41) is 15.1. The second-order valence-electron chi connectivity index (χ2n) is 9.86. The van der Waals surface area contributed by atoms with Crippen LogP contribution in [0.4, 0.5) is 4.79 Å². The zero-order valence-electron chi connectivity index (χ0n) is 22.8. The van der Waals surface area contributed by atoms with E-state index in [2.05, 4.69) is 10.6 Å². The van der Waals surface area contributed by atoms with Gasteiger partial charge in [0.2, 0.25) is 15.7 Å². The highest BCUT2D eigenvalue weighted by atomic mass is 32.2. The van der Waals surface area contributed by atoms with E-state index in [4.69, 9.17) is 4.74 Å². The minimum atomic E-state index is -3.83. The summed E-state index contributed by atoms with van der Waals surface area (Å²) >= 11 is 0. The quantitative estimate of drug-likeness (QED) is 0.229. The van der Waals surface area contributed by atoms with Crippen molar-refractivity contribution in [3.8, 4) is 0 Å². The number of fused-ring (bicyclic) bond motifs is 1. The number of sulfone groups is 1. The first kappa shape index (κ1) is 29.3. The molecule has 0 aliphatic carbocycles. The molecule has 1 aliphatic rings. The average Bonchev–Trinajstić information content (AvgIpc) is 3.29. The predicted molar refractivity (Wildman–Crippen MR) is 159 cm³/mol. The topological polar surface area (TPSA) is 139 Å². The fourth-order valence-electron chi connectivity index (χ4n) is 5.10. The first-order valence-electron chi connectivity index (χ1n) is 13.4. The van der Waals surface area contributed by atoms with Crippen LogP contribution in [0.15, 0.2) is 125 Å². The maximum absolute atomic E-state index is 13.6. The molecular formula is C33H28N2O7S. The van der Waals surface area contributed by atoms with E-state index in [0.29, 0.717) is 5.56 Å². The SMILES string of the molecule is O=C(C[C@H](NC(=O)OCC1=Cc2ccccc2S1(=O)=O)C(=O)O)NC(c1ccccc1)(c1ccccc1)c1ccccc1. The molecule has 1 atom stereocenters. The first-order chi connectivity index (χ1) is 20.7. The second kappa shape index (κ2) is 12.3. The number of amides is 2. The number of benzene rings is 4. The van der Waals surface area contributed by atoms with Gasteiger partial charge in [0, 0.05) is 0 Å². The Morgan fingerprint density at radius 1 is 0.744 bits per heavy atom. The van der Waals surface area contributed by atoms with E-state index in [1.807, 2.05) is 91.0 Å². The summed E-state index contributed by atoms with van der Waals surface area (Å²) in [6.07, 6.45) is -0.394. The van der Waals surface area contributed by atoms with Crippen LogP contribution in [0.3, 0.4) is 0 Å². The Morgan fingerprint density at radius 2 is 1.23 bits per heavy atom. The number of carboxylic acid groups (broad SMARTS) is 1. The third-order valence-electron chi connectivity index (χ3n) is 7.14. The van der Waals surface area contributed by atoms with Crippen molar-refractivity contribution in [1.29, 1.82) is 0 Å². The molecule has 5 rings (SSSR count). The van der Waals surface area contributed by atoms with Gasteiger partial charge < -0.3 is 20.5 Å². The van der Waals surface area contributed by atoms with Gasteiger partial charge in [0.15, 0.2) is 0 Å². The molecular weight excluding hydrogens is 568 g/mol. The zero-order chi connectivity index (χ0) is 30.5. The lowest BCUT2D eigenvalue weighted by atomic mass is 9.77. The fourth-order valence-corrected chi connectivity index (χ4v) is 6.58. The number of carbonyl (C=O) groups excluding carboxylic acids is 2. The van der Waals surface area contributed by atoms with Crippen molar-refractivity contribution in [3.05, 3.63) is 142 Å². The molecule has 2 amide bonds. The molecule has 0 radical (unpaired) electrons. The molecule has 1 aliphatic heterocycles. The Kier molecular flexibility index (Phi) is 8.40. The highest BCUT2D eigenvalue weighted by Gasteiger charge is 2.39. The molecule has 4 aromatic carbocycles. The summed E-state index contributed by atoms with van der Waals surface area (Å²) in [7, 11) is -3.83. The first-order valence-corrected chi connectivity index (χ1v) is 14.9. The summed E-state index contributed by atoms with van der Waals surface area (Å²) in [6.45, 7) is -0.597. The standard InChI is InChI=1S/C33H28N2O7S/c36-30(21-28(31(37)38)34-32(39)42-22-27-20-23-12-10-11-19-29(23)43(27,40)41)35-33(24-13-4-1-5-14-24,25-15-6-2-7-16-25)26-17-8-3-9-18-26/h1-20,28H,21-22H2,(H,34,39)(H,35,36)(H,37,38)/t28-/m0/s1. The number of rotatable bonds is 10. The van der Waals surface area contributed by atoms with Gasteiger partial charge in [-0.1, -0.05) is 109 Å². The molecule has 43 heavy (non-hydrogen) atoms. The molecule has 9 nitrogen and oxygen atoms in total. The fraction of sp³-hybridized carbons (Fsp3) is 0.121. The number of aliphatic carboxylic acids is 1. The molecule has 10 heteroatoms. The summed E-state index contributed by atoms with van der Waals surface area (Å²) in [5.74, 6) is -2.11. The van der Waals surface area contributed by atoms with Crippen LogP contribution < -0.4 is 10.6 Å². The lowest BCUT2D eigenvalue weighted by molar-refractivity contribution is -0.141. The molecule has 0 spiro atoms. The molecule has 3 N–H and O–H groups in total. The third kappa shape index (κ3) is 6.05. The van der Waals surface area contributed by atoms with Gasteiger partial charge >= 0.3 is 12.1 Å². The van der Waals surface area contributed by atoms with E-state index in [0.717, 1.165) is 16.7 Å². The number of nitrogens with one attached hydrogen (secondary N) is 2. The molecule has 4 aromatic rings. The van der Waals surface area contributed by atoms with Crippen LogP contribution in [0, 0.1) is 0 Å². The van der Waals surface area contributed by atoms with E-state index in [9.17, 15) is 27.9 Å². The summed E-state index contributed by atoms with van der Waals surface area (Å²) < 4.78 is 30.5. The Balaban J connectivity index is 1.35. The maximum atomic E-state index is 13.6. The van der Waals surface area contributed by atoms with E-state index in [1.54, 1.807) is 18.2 Å². The van der Waals surface area contributed by atoms with Crippen LogP contribution >= 0.6 is 0 Å². The van der Waals surface area contributed by atoms with Crippen LogP contribution in [0.2, 0.25) is 0 Å². The van der Waals surface area contributed by atoms with Crippen molar-refractivity contribution in [2.24, 2.45) is 0 Å². The number of hydrogen-bond acceptors (Lipinski definition) is 6. The van der Waals surface area contributed by atoms with Gasteiger partial charge in [0.25, 0.3) is 0 Å². The van der Waals surface area contributed by atoms with Crippen molar-refractivity contribution in [2.75, 3.05) is 6.61 Å². The van der Waals surface area contributed by atoms with Crippen LogP contribution in [0.5, 0.6) is 0 Å². The predicted octanol–water partition coefficient (Wildman–Crippen LogP) is 4.49. The summed E-state index contributed by atoms with van der Waals surface area (Å²) in [4.78, 5) is 38.3. The van der Waals surface area contributed by atoms with Gasteiger partial charge in [-0.15, -0.1) is 0 Å². The van der Waals surface area contributed by atoms with Gasteiger partial charge in [-0.05, 0) is 34.4 Å². The molecule has 0 aromatic heterocycles. The lowest BCUT2D eigenvalue weighted by Crippen LogP contribution is -2.51. The van der Waals surface area contributed by atoms with Crippen molar-refractivity contribution in [2.45, 2.75) is 22.9 Å². The molecule has 0 unspecified atom stereocenters. The number of ether oxygens (including phenoxy) is 1. The Morgan fingerprint density at radius 3 is 1.72 bits per heavy atom. The largest absolute Gasteiger partial charge is 0.480 e. The summed E-state index contributed by atoms with van der Waals surface area (Å²) in [6, 6.07) is 32.6. The molecule has 218 valence electrons. The van der Waals surface area contributed by atoms with Crippen molar-refractivity contribution in [1.82, 2.24) is 10.6 Å². The maximum Gasteiger partial charge on any atom is 0.408 e. The van der Waals surface area contributed by atoms with Gasteiger partial charge in [-0.25, -0.2) is 18.0 Å². The zero-order valence-corrected chi connectivity index (χ0v) is 23.7. The molecule has 0 saturated carbocycles. The van der Waals surface area contributed by atoms with Gasteiger partial charge in [0.1, 0.15) is 18.2 Å². The molecule has 0 fully saturated rings. The minimum Gasteiger partial charge on any atom is -0.480 e. The lowest BCUT2D eigenvalue weighted by Gasteiger charge is -2.37. The van der Waals surface area contributed by atoms with Crippen LogP contribution in [0.25, 0.3) is 6.08 Å². The van der Waals surface area contributed by atoms with Crippen molar-refractivity contribution < 1.29 is 32.6 Å². The van der Waals surface area contributed by atoms with Gasteiger partial charge in [-0.3, -0.25) is 4.79 Å². The smallest absolute Gasteiger partial charge is 0.408 e. The highest BCUT2D eigenvalue weighted by molar-refractivity contribution is 7.95. The Hall–Kier alpha value is -5.22. The van der Waals surface area contributed by atoms with Crippen LogP contribution in [-0.4, -0.2) is 44.1 Å². The van der Waals surface area contributed by atoms with Crippen molar-refractivity contribution in [3.63, 3.8) is 0 Å². The number of carbonyl (C=O) groups is 3. The van der Waals surface area contributed by atoms with Gasteiger partial charge in [0.05, 0.1) is 16.2 Å². The highest BCUT2D eigenvalue weighted by Crippen LogP contribution is 2.37. The number of alkyl carbamates (subject to hydrolysis) is 1. The minimum absolute atomic E-state index is 0.104. The van der Waals surface area contributed by atoms with Crippen LogP contribution in [-0.2, 0) is 29.7 Å². The second-order valence-corrected chi connectivity index (χ2v) is 11.8. The van der Waals surface area contributed by atoms with E-state index >= 15 is 0 Å². The normalized spacial score (nSPS) is 14.1. The Labute approximate surface area is 248 Å². The molecule has 0 saturated heterocycles. The van der Waals surface area contributed by atoms with Gasteiger partial charge in [-0.2, -0.15) is 0 Å². The molecule has 0 bridgehead atoms. The van der Waals surface area contributed by atoms with E-state index < -0.39 is 52.4 Å². The Bertz CT molecular complexity index is 1680. The monoisotopic (exact) mass is 596 g/mol. The number of carboxylic acids is 1. The summed E-state index contributed by atoms with van der Waals surface area (Å²) in [5.41, 5.74) is 1.52. The van der Waals surface area contributed by atoms with Crippen molar-refractivity contribution >= 4 is 33.9 Å². The average molecular weight is 597 g/mol. The van der Waals surface area contributed by atoms with Crippen LogP contribution in [0.1, 0.15) is 28.7 Å². The molecule has 1 heterocycles.